The van der Waals surface area contributed by atoms with Crippen LogP contribution in [0.5, 0.6) is 0 Å². The van der Waals surface area contributed by atoms with Gasteiger partial charge in [0.1, 0.15) is 6.04 Å². The maximum absolute atomic E-state index is 13.3. The molecule has 1 unspecified atom stereocenters. The minimum Gasteiger partial charge on any atom is -0.368 e. The molecule has 6 nitrogen and oxygen atoms in total. The molecule has 0 saturated heterocycles. The third-order valence-electron chi connectivity index (χ3n) is 5.02. The number of aromatic nitrogens is 3. The van der Waals surface area contributed by atoms with E-state index in [4.69, 9.17) is 28.9 Å². The van der Waals surface area contributed by atoms with Crippen molar-refractivity contribution in [2.75, 3.05) is 0 Å². The number of nitrogens with zero attached hydrogens (tertiary/aromatic N) is 3. The first kappa shape index (κ1) is 22.4. The van der Waals surface area contributed by atoms with Crippen LogP contribution in [0.2, 0.25) is 10.0 Å². The van der Waals surface area contributed by atoms with E-state index in [1.807, 2.05) is 26.8 Å². The summed E-state index contributed by atoms with van der Waals surface area (Å²) in [5, 5.41) is 1.03. The Morgan fingerprint density at radius 3 is 2.37 bits per heavy atom. The number of hydrogen-bond acceptors (Lipinski definition) is 3. The van der Waals surface area contributed by atoms with Gasteiger partial charge in [0.05, 0.1) is 5.52 Å². The van der Waals surface area contributed by atoms with E-state index in [9.17, 15) is 9.59 Å². The second-order valence-electron chi connectivity index (χ2n) is 7.94. The first-order valence-corrected chi connectivity index (χ1v) is 10.8. The van der Waals surface area contributed by atoms with E-state index in [-0.39, 0.29) is 11.6 Å². The molecule has 0 aliphatic rings. The average Bonchev–Trinajstić information content (AvgIpc) is 2.92. The fraction of sp³-hybridized carbons (Fsp3) is 0.409. The van der Waals surface area contributed by atoms with Gasteiger partial charge < -0.3 is 5.73 Å². The van der Waals surface area contributed by atoms with Gasteiger partial charge in [0.25, 0.3) is 0 Å². The Labute approximate surface area is 185 Å². The molecule has 0 spiro atoms. The minimum atomic E-state index is -0.729. The number of nitrogens with two attached hydrogens (primary N) is 1. The van der Waals surface area contributed by atoms with Crippen molar-refractivity contribution in [1.29, 1.82) is 0 Å². The average molecular weight is 449 g/mol. The van der Waals surface area contributed by atoms with Gasteiger partial charge in [-0.1, -0.05) is 56.8 Å². The largest absolute Gasteiger partial charge is 0.368 e. The molecule has 0 radical (unpaired) electrons. The number of carbonyl (C=O) groups excluding carboxylic acids is 1. The highest BCUT2D eigenvalue weighted by Gasteiger charge is 2.25. The monoisotopic (exact) mass is 448 g/mol. The number of unbranched alkanes of at least 4 members (excludes halogenated alkanes) is 1. The summed E-state index contributed by atoms with van der Waals surface area (Å²) >= 11 is 12.3. The van der Waals surface area contributed by atoms with Crippen LogP contribution in [-0.2, 0) is 11.3 Å². The van der Waals surface area contributed by atoms with E-state index in [0.717, 1.165) is 24.0 Å². The first-order chi connectivity index (χ1) is 14.2. The van der Waals surface area contributed by atoms with Crippen molar-refractivity contribution in [2.45, 2.75) is 52.6 Å². The fourth-order valence-corrected chi connectivity index (χ4v) is 4.18. The molecule has 0 aliphatic heterocycles. The van der Waals surface area contributed by atoms with Gasteiger partial charge in [0.15, 0.2) is 5.65 Å². The van der Waals surface area contributed by atoms with Crippen molar-refractivity contribution in [3.63, 3.8) is 0 Å². The third-order valence-corrected chi connectivity index (χ3v) is 5.45. The molecule has 3 rings (SSSR count). The fourth-order valence-electron chi connectivity index (χ4n) is 3.65. The quantitative estimate of drug-likeness (QED) is 0.523. The van der Waals surface area contributed by atoms with Gasteiger partial charge in [0.2, 0.25) is 5.91 Å². The van der Waals surface area contributed by atoms with Crippen molar-refractivity contribution in [1.82, 2.24) is 14.1 Å². The molecule has 0 bridgehead atoms. The minimum absolute atomic E-state index is 0.230. The zero-order chi connectivity index (χ0) is 22.0. The summed E-state index contributed by atoms with van der Waals surface area (Å²) in [5.41, 5.74) is 8.10. The van der Waals surface area contributed by atoms with Crippen LogP contribution >= 0.6 is 23.2 Å². The smallest absolute Gasteiger partial charge is 0.331 e. The predicted molar refractivity (Wildman–Crippen MR) is 122 cm³/mol. The molecule has 0 saturated carbocycles. The number of hydrogen-bond donors (Lipinski definition) is 1. The van der Waals surface area contributed by atoms with Gasteiger partial charge >= 0.3 is 5.69 Å². The number of pyridine rings is 1. The van der Waals surface area contributed by atoms with Crippen LogP contribution in [0.15, 0.2) is 35.3 Å². The topological polar surface area (TPSA) is 82.9 Å². The number of halogens is 2. The van der Waals surface area contributed by atoms with Gasteiger partial charge in [-0.3, -0.25) is 13.9 Å². The van der Waals surface area contributed by atoms with E-state index in [2.05, 4.69) is 4.98 Å². The lowest BCUT2D eigenvalue weighted by atomic mass is 10.1. The Morgan fingerprint density at radius 1 is 1.13 bits per heavy atom. The number of benzene rings is 1. The van der Waals surface area contributed by atoms with Gasteiger partial charge in [-0.2, -0.15) is 0 Å². The molecular formula is C22H26Cl2N4O2. The zero-order valence-corrected chi connectivity index (χ0v) is 18.9. The molecule has 1 amide bonds. The SMILES string of the molecule is CCCCC(C(N)=O)n1c(=O)n(CC(C)C)c2cc(-c3cc(Cl)cc(Cl)c3)cnc21. The molecule has 0 fully saturated rings. The van der Waals surface area contributed by atoms with E-state index < -0.39 is 11.9 Å². The van der Waals surface area contributed by atoms with Crippen molar-refractivity contribution >= 4 is 40.3 Å². The lowest BCUT2D eigenvalue weighted by molar-refractivity contribution is -0.121. The second-order valence-corrected chi connectivity index (χ2v) is 8.82. The summed E-state index contributed by atoms with van der Waals surface area (Å²) < 4.78 is 3.12. The Balaban J connectivity index is 2.25. The molecular weight excluding hydrogens is 423 g/mol. The molecule has 30 heavy (non-hydrogen) atoms. The van der Waals surface area contributed by atoms with Gasteiger partial charge in [-0.05, 0) is 42.2 Å². The maximum Gasteiger partial charge on any atom is 0.331 e. The van der Waals surface area contributed by atoms with E-state index in [1.165, 1.54) is 4.57 Å². The molecule has 8 heteroatoms. The second kappa shape index (κ2) is 9.23. The number of rotatable bonds is 8. The Kier molecular flexibility index (Phi) is 6.88. The third kappa shape index (κ3) is 4.55. The summed E-state index contributed by atoms with van der Waals surface area (Å²) in [6, 6.07) is 6.42. The zero-order valence-electron chi connectivity index (χ0n) is 17.4. The van der Waals surface area contributed by atoms with E-state index in [0.29, 0.717) is 34.2 Å². The number of fused-ring (bicyclic) bond motifs is 1. The lowest BCUT2D eigenvalue weighted by Gasteiger charge is -2.14. The highest BCUT2D eigenvalue weighted by Crippen LogP contribution is 2.29. The Hall–Kier alpha value is -2.31. The Morgan fingerprint density at radius 2 is 1.80 bits per heavy atom. The van der Waals surface area contributed by atoms with E-state index in [1.54, 1.807) is 29.0 Å². The number of imidazole rings is 1. The standard InChI is InChI=1S/C22H26Cl2N4O2/c1-4-5-6-18(20(25)29)28-21-19(27(22(28)30)12-13(2)3)9-15(11-26-21)14-7-16(23)10-17(24)8-14/h7-11,13,18H,4-6,12H2,1-3H3,(H2,25,29). The highest BCUT2D eigenvalue weighted by molar-refractivity contribution is 6.35. The summed E-state index contributed by atoms with van der Waals surface area (Å²) in [7, 11) is 0. The molecule has 2 N–H and O–H groups in total. The van der Waals surface area contributed by atoms with Gasteiger partial charge in [-0.25, -0.2) is 9.78 Å². The van der Waals surface area contributed by atoms with Gasteiger partial charge in [0, 0.05) is 28.4 Å². The van der Waals surface area contributed by atoms with Crippen LogP contribution in [0.4, 0.5) is 0 Å². The highest BCUT2D eigenvalue weighted by atomic mass is 35.5. The molecule has 1 atom stereocenters. The molecule has 3 aromatic rings. The van der Waals surface area contributed by atoms with Crippen molar-refractivity contribution < 1.29 is 4.79 Å². The summed E-state index contributed by atoms with van der Waals surface area (Å²) in [6.45, 7) is 6.60. The number of primary amides is 1. The molecule has 160 valence electrons. The van der Waals surface area contributed by atoms with Crippen molar-refractivity contribution in [3.05, 3.63) is 51.0 Å². The lowest BCUT2D eigenvalue weighted by Crippen LogP contribution is -2.35. The summed E-state index contributed by atoms with van der Waals surface area (Å²) in [5.74, 6) is -0.296. The van der Waals surface area contributed by atoms with Crippen molar-refractivity contribution in [3.8, 4) is 11.1 Å². The normalized spacial score (nSPS) is 12.6. The van der Waals surface area contributed by atoms with E-state index >= 15 is 0 Å². The number of amides is 1. The van der Waals surface area contributed by atoms with Crippen LogP contribution in [0.25, 0.3) is 22.3 Å². The molecule has 2 heterocycles. The number of carbonyl (C=O) groups is 1. The van der Waals surface area contributed by atoms with Crippen LogP contribution in [-0.4, -0.2) is 20.0 Å². The van der Waals surface area contributed by atoms with Crippen LogP contribution in [0, 0.1) is 5.92 Å². The summed E-state index contributed by atoms with van der Waals surface area (Å²) in [6.07, 6.45) is 3.85. The van der Waals surface area contributed by atoms with Crippen LogP contribution in [0.3, 0.4) is 0 Å². The summed E-state index contributed by atoms with van der Waals surface area (Å²) in [4.78, 5) is 30.1. The Bertz CT molecular complexity index is 1110. The van der Waals surface area contributed by atoms with Crippen LogP contribution in [0.1, 0.15) is 46.1 Å². The predicted octanol–water partition coefficient (Wildman–Crippen LogP) is 5.04. The van der Waals surface area contributed by atoms with Gasteiger partial charge in [-0.15, -0.1) is 0 Å². The molecule has 2 aromatic heterocycles. The molecule has 1 aromatic carbocycles. The molecule has 0 aliphatic carbocycles. The van der Waals surface area contributed by atoms with Crippen molar-refractivity contribution in [2.24, 2.45) is 11.7 Å². The first-order valence-electron chi connectivity index (χ1n) is 10.1. The maximum atomic E-state index is 13.3. The van der Waals surface area contributed by atoms with Crippen LogP contribution < -0.4 is 11.4 Å².